The van der Waals surface area contributed by atoms with E-state index in [-0.39, 0.29) is 12.5 Å². The molecule has 0 aromatic heterocycles. The lowest BCUT2D eigenvalue weighted by Gasteiger charge is -2.06. The minimum absolute atomic E-state index is 0.124. The zero-order valence-corrected chi connectivity index (χ0v) is 15.1. The van der Waals surface area contributed by atoms with Gasteiger partial charge in [0.2, 0.25) is 0 Å². The molecule has 0 fully saturated rings. The van der Waals surface area contributed by atoms with Crippen LogP contribution in [-0.4, -0.2) is 32.9 Å². The molecule has 0 saturated carbocycles. The number of rotatable bonds is 7. The third-order valence-electron chi connectivity index (χ3n) is 3.90. The van der Waals surface area contributed by atoms with Gasteiger partial charge >= 0.3 is 0 Å². The van der Waals surface area contributed by atoms with E-state index < -0.39 is 0 Å². The van der Waals surface area contributed by atoms with Gasteiger partial charge in [-0.1, -0.05) is 18.2 Å². The third kappa shape index (κ3) is 4.98. The first kappa shape index (κ1) is 18.3. The lowest BCUT2D eigenvalue weighted by atomic mass is 10.1. The van der Waals surface area contributed by atoms with E-state index in [2.05, 4.69) is 10.5 Å². The Morgan fingerprint density at radius 1 is 0.889 bits per heavy atom. The SMILES string of the molecule is COc1ccc(OCC(=O)N/N=C\c2ccc3cc(OC)ccc3c2)cc1. The van der Waals surface area contributed by atoms with E-state index in [0.29, 0.717) is 5.75 Å². The predicted molar refractivity (Wildman–Crippen MR) is 105 cm³/mol. The molecule has 0 unspecified atom stereocenters. The highest BCUT2D eigenvalue weighted by atomic mass is 16.5. The molecule has 0 heterocycles. The van der Waals surface area contributed by atoms with Crippen molar-refractivity contribution < 1.29 is 19.0 Å². The lowest BCUT2D eigenvalue weighted by molar-refractivity contribution is -0.123. The molecule has 1 N–H and O–H groups in total. The third-order valence-corrected chi connectivity index (χ3v) is 3.90. The summed E-state index contributed by atoms with van der Waals surface area (Å²) >= 11 is 0. The first-order valence-corrected chi connectivity index (χ1v) is 8.34. The van der Waals surface area contributed by atoms with E-state index in [1.165, 1.54) is 0 Å². The summed E-state index contributed by atoms with van der Waals surface area (Å²) < 4.78 is 15.7. The summed E-state index contributed by atoms with van der Waals surface area (Å²) in [5.74, 6) is 1.78. The molecule has 3 aromatic rings. The Labute approximate surface area is 157 Å². The number of carbonyl (C=O) groups excluding carboxylic acids is 1. The minimum Gasteiger partial charge on any atom is -0.497 e. The molecular formula is C21H20N2O4. The summed E-state index contributed by atoms with van der Waals surface area (Å²) in [4.78, 5) is 11.8. The van der Waals surface area contributed by atoms with E-state index in [9.17, 15) is 4.79 Å². The van der Waals surface area contributed by atoms with Gasteiger partial charge in [-0.05, 0) is 58.8 Å². The highest BCUT2D eigenvalue weighted by Gasteiger charge is 2.02. The van der Waals surface area contributed by atoms with Crippen LogP contribution in [0.4, 0.5) is 0 Å². The van der Waals surface area contributed by atoms with Gasteiger partial charge in [0, 0.05) is 0 Å². The summed E-state index contributed by atoms with van der Waals surface area (Å²) in [6.45, 7) is -0.124. The van der Waals surface area contributed by atoms with E-state index >= 15 is 0 Å². The molecule has 0 aliphatic rings. The number of benzene rings is 3. The maximum atomic E-state index is 11.8. The van der Waals surface area contributed by atoms with Crippen molar-refractivity contribution in [2.45, 2.75) is 0 Å². The van der Waals surface area contributed by atoms with Gasteiger partial charge in [-0.2, -0.15) is 5.10 Å². The van der Waals surface area contributed by atoms with Crippen LogP contribution in [0.3, 0.4) is 0 Å². The van der Waals surface area contributed by atoms with Crippen LogP contribution >= 0.6 is 0 Å². The largest absolute Gasteiger partial charge is 0.497 e. The average molecular weight is 364 g/mol. The van der Waals surface area contributed by atoms with Crippen LogP contribution < -0.4 is 19.6 Å². The van der Waals surface area contributed by atoms with Gasteiger partial charge in [0.05, 0.1) is 20.4 Å². The molecule has 0 bridgehead atoms. The topological polar surface area (TPSA) is 69.2 Å². The predicted octanol–water partition coefficient (Wildman–Crippen LogP) is 3.39. The smallest absolute Gasteiger partial charge is 0.277 e. The fraction of sp³-hybridized carbons (Fsp3) is 0.143. The number of fused-ring (bicyclic) bond motifs is 1. The monoisotopic (exact) mass is 364 g/mol. The first-order valence-electron chi connectivity index (χ1n) is 8.34. The van der Waals surface area contributed by atoms with Gasteiger partial charge < -0.3 is 14.2 Å². The van der Waals surface area contributed by atoms with Crippen molar-refractivity contribution in [2.75, 3.05) is 20.8 Å². The Kier molecular flexibility index (Phi) is 5.89. The quantitative estimate of drug-likeness (QED) is 0.515. The normalized spacial score (nSPS) is 10.7. The van der Waals surface area contributed by atoms with Crippen molar-refractivity contribution in [2.24, 2.45) is 5.10 Å². The Morgan fingerprint density at radius 2 is 1.52 bits per heavy atom. The van der Waals surface area contributed by atoms with Crippen LogP contribution in [0.25, 0.3) is 10.8 Å². The number of methoxy groups -OCH3 is 2. The fourth-order valence-corrected chi connectivity index (χ4v) is 2.48. The van der Waals surface area contributed by atoms with E-state index in [4.69, 9.17) is 14.2 Å². The Bertz CT molecular complexity index is 952. The van der Waals surface area contributed by atoms with Crippen molar-refractivity contribution in [1.29, 1.82) is 0 Å². The maximum Gasteiger partial charge on any atom is 0.277 e. The van der Waals surface area contributed by atoms with Crippen LogP contribution in [-0.2, 0) is 4.79 Å². The molecule has 0 saturated heterocycles. The molecule has 0 atom stereocenters. The molecule has 1 amide bonds. The average Bonchev–Trinajstić information content (AvgIpc) is 2.72. The fourth-order valence-electron chi connectivity index (χ4n) is 2.48. The van der Waals surface area contributed by atoms with Crippen LogP contribution in [0.15, 0.2) is 65.8 Å². The Morgan fingerprint density at radius 3 is 2.26 bits per heavy atom. The van der Waals surface area contributed by atoms with Crippen molar-refractivity contribution in [3.8, 4) is 17.2 Å². The molecule has 3 rings (SSSR count). The second kappa shape index (κ2) is 8.71. The zero-order chi connectivity index (χ0) is 19.1. The van der Waals surface area contributed by atoms with Crippen molar-refractivity contribution in [1.82, 2.24) is 5.43 Å². The van der Waals surface area contributed by atoms with Crippen molar-refractivity contribution >= 4 is 22.9 Å². The number of ether oxygens (including phenoxy) is 3. The van der Waals surface area contributed by atoms with E-state index in [1.807, 2.05) is 36.4 Å². The van der Waals surface area contributed by atoms with Gasteiger partial charge in [-0.25, -0.2) is 5.43 Å². The highest BCUT2D eigenvalue weighted by Crippen LogP contribution is 2.21. The summed E-state index contributed by atoms with van der Waals surface area (Å²) in [7, 11) is 3.23. The minimum atomic E-state index is -0.340. The van der Waals surface area contributed by atoms with Gasteiger partial charge in [0.25, 0.3) is 5.91 Å². The van der Waals surface area contributed by atoms with Crippen molar-refractivity contribution in [3.63, 3.8) is 0 Å². The van der Waals surface area contributed by atoms with Crippen LogP contribution in [0.5, 0.6) is 17.2 Å². The Hall–Kier alpha value is -3.54. The molecule has 0 spiro atoms. The first-order chi connectivity index (χ1) is 13.2. The number of carbonyl (C=O) groups is 1. The number of nitrogens with one attached hydrogen (secondary N) is 1. The highest BCUT2D eigenvalue weighted by molar-refractivity contribution is 5.91. The second-order valence-corrected chi connectivity index (χ2v) is 5.73. The molecule has 6 heteroatoms. The van der Waals surface area contributed by atoms with Gasteiger partial charge in [0.1, 0.15) is 17.2 Å². The van der Waals surface area contributed by atoms with Crippen LogP contribution in [0.2, 0.25) is 0 Å². The molecule has 0 aliphatic heterocycles. The molecule has 0 radical (unpaired) electrons. The molecule has 6 nitrogen and oxygen atoms in total. The van der Waals surface area contributed by atoms with E-state index in [0.717, 1.165) is 27.8 Å². The summed E-state index contributed by atoms with van der Waals surface area (Å²) in [5, 5.41) is 6.11. The summed E-state index contributed by atoms with van der Waals surface area (Å²) in [6, 6.07) is 18.7. The Balaban J connectivity index is 1.53. The van der Waals surface area contributed by atoms with Gasteiger partial charge in [0.15, 0.2) is 6.61 Å². The second-order valence-electron chi connectivity index (χ2n) is 5.73. The van der Waals surface area contributed by atoms with Crippen molar-refractivity contribution in [3.05, 3.63) is 66.2 Å². The number of amides is 1. The van der Waals surface area contributed by atoms with Crippen LogP contribution in [0.1, 0.15) is 5.56 Å². The number of hydrogen-bond acceptors (Lipinski definition) is 5. The molecule has 0 aliphatic carbocycles. The summed E-state index contributed by atoms with van der Waals surface area (Å²) in [5.41, 5.74) is 3.33. The molecule has 27 heavy (non-hydrogen) atoms. The molecular weight excluding hydrogens is 344 g/mol. The lowest BCUT2D eigenvalue weighted by Crippen LogP contribution is -2.24. The zero-order valence-electron chi connectivity index (χ0n) is 15.1. The van der Waals surface area contributed by atoms with Gasteiger partial charge in [-0.15, -0.1) is 0 Å². The molecule has 138 valence electrons. The number of hydrazone groups is 1. The maximum absolute atomic E-state index is 11.8. The number of nitrogens with zero attached hydrogens (tertiary/aromatic N) is 1. The van der Waals surface area contributed by atoms with Crippen LogP contribution in [0, 0.1) is 0 Å². The standard InChI is InChI=1S/C21H20N2O4/c1-25-18-7-9-19(10-8-18)27-14-21(24)23-22-13-15-3-4-17-12-20(26-2)6-5-16(17)11-15/h3-13H,14H2,1-2H3,(H,23,24)/b22-13-. The van der Waals surface area contributed by atoms with E-state index in [1.54, 1.807) is 44.7 Å². The van der Waals surface area contributed by atoms with Gasteiger partial charge in [-0.3, -0.25) is 4.79 Å². The molecule has 3 aromatic carbocycles. The summed E-state index contributed by atoms with van der Waals surface area (Å²) in [6.07, 6.45) is 1.59. The number of hydrogen-bond donors (Lipinski definition) is 1.